The van der Waals surface area contributed by atoms with Crippen molar-refractivity contribution in [1.82, 2.24) is 5.16 Å². The van der Waals surface area contributed by atoms with E-state index in [-0.39, 0.29) is 11.5 Å². The molecule has 7 nitrogen and oxygen atoms in total. The molecular formula is C25H18ClN3O4. The minimum atomic E-state index is -0.428. The summed E-state index contributed by atoms with van der Waals surface area (Å²) in [5.74, 6) is 0.666. The second kappa shape index (κ2) is 8.11. The van der Waals surface area contributed by atoms with Crippen LogP contribution < -0.4 is 15.0 Å². The molecule has 0 aliphatic carbocycles. The molecule has 0 saturated carbocycles. The molecule has 2 amide bonds. The van der Waals surface area contributed by atoms with Crippen LogP contribution in [0.4, 0.5) is 11.4 Å². The second-order valence-corrected chi connectivity index (χ2v) is 7.95. The first kappa shape index (κ1) is 20.8. The van der Waals surface area contributed by atoms with Crippen molar-refractivity contribution in [3.63, 3.8) is 0 Å². The van der Waals surface area contributed by atoms with Crippen LogP contribution >= 0.6 is 11.6 Å². The van der Waals surface area contributed by atoms with Crippen LogP contribution in [0, 0.1) is 6.92 Å². The summed E-state index contributed by atoms with van der Waals surface area (Å²) in [7, 11) is 1.68. The van der Waals surface area contributed by atoms with E-state index in [0.29, 0.717) is 50.5 Å². The molecule has 1 N–H and O–H groups in total. The number of aromatic nitrogens is 1. The van der Waals surface area contributed by atoms with Crippen LogP contribution in [0.5, 0.6) is 11.5 Å². The van der Waals surface area contributed by atoms with Crippen LogP contribution in [0.1, 0.15) is 26.5 Å². The number of carbonyl (C=O) groups excluding carboxylic acids is 2. The average molecular weight is 460 g/mol. The van der Waals surface area contributed by atoms with E-state index >= 15 is 0 Å². The standard InChI is InChI=1S/C25H18ClN3O4/c1-14-22(23(28-33-14)16-7-3-4-8-18(16)26)24(30)27-15-11-12-20-17(13-15)25(31)29(2)19-9-5-6-10-21(19)32-20/h3-13H,1-2H3,(H,27,30). The number of anilines is 2. The van der Waals surface area contributed by atoms with Gasteiger partial charge in [0.25, 0.3) is 11.8 Å². The highest BCUT2D eigenvalue weighted by atomic mass is 35.5. The van der Waals surface area contributed by atoms with Crippen molar-refractivity contribution in [3.05, 3.63) is 88.6 Å². The molecule has 0 bridgehead atoms. The molecule has 0 spiro atoms. The van der Waals surface area contributed by atoms with E-state index in [1.165, 1.54) is 4.90 Å². The smallest absolute Gasteiger partial charge is 0.261 e. The summed E-state index contributed by atoms with van der Waals surface area (Å²) in [5.41, 5.74) is 2.63. The maximum Gasteiger partial charge on any atom is 0.261 e. The van der Waals surface area contributed by atoms with Gasteiger partial charge in [-0.25, -0.2) is 0 Å². The molecule has 0 saturated heterocycles. The number of nitrogens with one attached hydrogen (secondary N) is 1. The van der Waals surface area contributed by atoms with Crippen LogP contribution in [0.15, 0.2) is 71.3 Å². The number of nitrogens with zero attached hydrogens (tertiary/aromatic N) is 2. The largest absolute Gasteiger partial charge is 0.454 e. The lowest BCUT2D eigenvalue weighted by molar-refractivity contribution is 0.0989. The molecular weight excluding hydrogens is 442 g/mol. The molecule has 2 heterocycles. The van der Waals surface area contributed by atoms with Crippen LogP contribution in [-0.2, 0) is 0 Å². The van der Waals surface area contributed by atoms with Gasteiger partial charge < -0.3 is 19.5 Å². The molecule has 1 aliphatic rings. The summed E-state index contributed by atoms with van der Waals surface area (Å²) in [6, 6.07) is 19.3. The molecule has 33 heavy (non-hydrogen) atoms. The predicted octanol–water partition coefficient (Wildman–Crippen LogP) is 5.94. The molecule has 8 heteroatoms. The Morgan fingerprint density at radius 2 is 1.76 bits per heavy atom. The number of hydrogen-bond donors (Lipinski definition) is 1. The minimum absolute atomic E-state index is 0.246. The van der Waals surface area contributed by atoms with Gasteiger partial charge in [0, 0.05) is 18.3 Å². The molecule has 0 fully saturated rings. The Balaban J connectivity index is 1.48. The Labute approximate surface area is 194 Å². The fourth-order valence-corrected chi connectivity index (χ4v) is 3.99. The number of carbonyl (C=O) groups is 2. The maximum absolute atomic E-state index is 13.2. The molecule has 1 aromatic heterocycles. The van der Waals surface area contributed by atoms with E-state index in [0.717, 1.165) is 0 Å². The quantitative estimate of drug-likeness (QED) is 0.410. The SMILES string of the molecule is Cc1onc(-c2ccccc2Cl)c1C(=O)Nc1ccc2c(c1)C(=O)N(C)c1ccccc1O2. The van der Waals surface area contributed by atoms with E-state index in [1.807, 2.05) is 18.2 Å². The van der Waals surface area contributed by atoms with Crippen molar-refractivity contribution in [2.45, 2.75) is 6.92 Å². The van der Waals surface area contributed by atoms with E-state index in [9.17, 15) is 9.59 Å². The van der Waals surface area contributed by atoms with Crippen molar-refractivity contribution in [2.24, 2.45) is 0 Å². The molecule has 164 valence electrons. The number of ether oxygens (including phenoxy) is 1. The van der Waals surface area contributed by atoms with E-state index in [2.05, 4.69) is 10.5 Å². The van der Waals surface area contributed by atoms with Gasteiger partial charge in [-0.3, -0.25) is 9.59 Å². The molecule has 4 aromatic rings. The lowest BCUT2D eigenvalue weighted by Crippen LogP contribution is -2.25. The van der Waals surface area contributed by atoms with E-state index in [1.54, 1.807) is 62.5 Å². The Morgan fingerprint density at radius 3 is 2.58 bits per heavy atom. The minimum Gasteiger partial charge on any atom is -0.454 e. The first-order chi connectivity index (χ1) is 15.9. The number of hydrogen-bond acceptors (Lipinski definition) is 5. The third-order valence-corrected chi connectivity index (χ3v) is 5.77. The molecule has 0 unspecified atom stereocenters. The predicted molar refractivity (Wildman–Crippen MR) is 125 cm³/mol. The van der Waals surface area contributed by atoms with Crippen molar-refractivity contribution in [1.29, 1.82) is 0 Å². The van der Waals surface area contributed by atoms with E-state index in [4.69, 9.17) is 20.9 Å². The maximum atomic E-state index is 13.2. The molecule has 5 rings (SSSR count). The number of halogens is 1. The zero-order valence-electron chi connectivity index (χ0n) is 17.8. The highest BCUT2D eigenvalue weighted by Gasteiger charge is 2.27. The van der Waals surface area contributed by atoms with Crippen molar-refractivity contribution < 1.29 is 18.8 Å². The highest BCUT2D eigenvalue weighted by Crippen LogP contribution is 2.39. The fraction of sp³-hybridized carbons (Fsp3) is 0.0800. The zero-order valence-corrected chi connectivity index (χ0v) is 18.5. The number of aryl methyl sites for hydroxylation is 1. The monoisotopic (exact) mass is 459 g/mol. The number of para-hydroxylation sites is 2. The van der Waals surface area contributed by atoms with Crippen LogP contribution in [0.3, 0.4) is 0 Å². The van der Waals surface area contributed by atoms with E-state index < -0.39 is 5.91 Å². The summed E-state index contributed by atoms with van der Waals surface area (Å²) < 4.78 is 11.3. The van der Waals surface area contributed by atoms with Gasteiger partial charge in [-0.05, 0) is 43.3 Å². The zero-order chi connectivity index (χ0) is 23.1. The molecule has 3 aromatic carbocycles. The Morgan fingerprint density at radius 1 is 1.00 bits per heavy atom. The lowest BCUT2D eigenvalue weighted by atomic mass is 10.1. The van der Waals surface area contributed by atoms with Crippen molar-refractivity contribution >= 4 is 34.8 Å². The summed E-state index contributed by atoms with van der Waals surface area (Å²) >= 11 is 6.30. The fourth-order valence-electron chi connectivity index (χ4n) is 3.76. The van der Waals surface area contributed by atoms with Crippen LogP contribution in [0.25, 0.3) is 11.3 Å². The van der Waals surface area contributed by atoms with Gasteiger partial charge in [0.05, 0.1) is 16.3 Å². The summed E-state index contributed by atoms with van der Waals surface area (Å²) in [5, 5.41) is 7.32. The van der Waals surface area contributed by atoms with Crippen molar-refractivity contribution in [2.75, 3.05) is 17.3 Å². The second-order valence-electron chi connectivity index (χ2n) is 7.54. The highest BCUT2D eigenvalue weighted by molar-refractivity contribution is 6.33. The number of amides is 2. The van der Waals surface area contributed by atoms with Gasteiger partial charge in [-0.15, -0.1) is 0 Å². The number of rotatable bonds is 3. The molecule has 1 aliphatic heterocycles. The summed E-state index contributed by atoms with van der Waals surface area (Å²) in [6.45, 7) is 1.66. The normalized spacial score (nSPS) is 12.5. The molecule has 0 atom stereocenters. The van der Waals surface area contributed by atoms with Gasteiger partial charge in [-0.2, -0.15) is 0 Å². The average Bonchev–Trinajstić information content (AvgIpc) is 3.16. The van der Waals surface area contributed by atoms with Crippen molar-refractivity contribution in [3.8, 4) is 22.8 Å². The topological polar surface area (TPSA) is 84.7 Å². The van der Waals surface area contributed by atoms with Gasteiger partial charge in [0.15, 0.2) is 5.75 Å². The first-order valence-corrected chi connectivity index (χ1v) is 10.5. The number of benzene rings is 3. The first-order valence-electron chi connectivity index (χ1n) is 10.2. The van der Waals surface area contributed by atoms with Gasteiger partial charge in [-0.1, -0.05) is 47.1 Å². The third-order valence-electron chi connectivity index (χ3n) is 5.44. The lowest BCUT2D eigenvalue weighted by Gasteiger charge is -2.16. The number of fused-ring (bicyclic) bond motifs is 2. The third kappa shape index (κ3) is 3.62. The summed E-state index contributed by atoms with van der Waals surface area (Å²) in [4.78, 5) is 27.8. The van der Waals surface area contributed by atoms with Crippen LogP contribution in [-0.4, -0.2) is 24.0 Å². The Bertz CT molecular complexity index is 1410. The Kier molecular flexibility index (Phi) is 5.11. The van der Waals surface area contributed by atoms with Gasteiger partial charge in [0.2, 0.25) is 0 Å². The molecule has 0 radical (unpaired) electrons. The summed E-state index contributed by atoms with van der Waals surface area (Å²) in [6.07, 6.45) is 0. The van der Waals surface area contributed by atoms with Gasteiger partial charge >= 0.3 is 0 Å². The van der Waals surface area contributed by atoms with Gasteiger partial charge in [0.1, 0.15) is 22.8 Å². The Hall–Kier alpha value is -4.10. The van der Waals surface area contributed by atoms with Crippen LogP contribution in [0.2, 0.25) is 5.02 Å².